The molecule has 1 aromatic rings. The normalized spacial score (nSPS) is 12.1. The molecule has 0 heterocycles. The Hall–Kier alpha value is -1.20. The van der Waals surface area contributed by atoms with Crippen molar-refractivity contribution in [1.82, 2.24) is 5.32 Å². The number of halogens is 1. The van der Waals surface area contributed by atoms with E-state index in [1.807, 2.05) is 0 Å². The van der Waals surface area contributed by atoms with E-state index in [2.05, 4.69) is 21.2 Å². The van der Waals surface area contributed by atoms with Crippen molar-refractivity contribution < 1.29 is 14.7 Å². The molecule has 0 saturated carbocycles. The Kier molecular flexibility index (Phi) is 4.64. The Bertz CT molecular complexity index is 389. The highest BCUT2D eigenvalue weighted by Gasteiger charge is 2.15. The summed E-state index contributed by atoms with van der Waals surface area (Å²) >= 11 is 3.28. The number of Topliss-reactive ketones (excluding diaryl/α,β-unsaturated/α-hetero) is 1. The number of hydrogen-bond acceptors (Lipinski definition) is 3. The average molecular weight is 286 g/mol. The van der Waals surface area contributed by atoms with E-state index < -0.39 is 12.0 Å². The van der Waals surface area contributed by atoms with Crippen LogP contribution in [0.4, 0.5) is 0 Å². The predicted octanol–water partition coefficient (Wildman–Crippen LogP) is 1.69. The number of benzene rings is 1. The first-order valence-electron chi connectivity index (χ1n) is 4.75. The molecule has 1 rings (SSSR count). The van der Waals surface area contributed by atoms with Gasteiger partial charge in [-0.25, -0.2) is 0 Å². The Morgan fingerprint density at radius 1 is 1.38 bits per heavy atom. The van der Waals surface area contributed by atoms with Gasteiger partial charge in [-0.3, -0.25) is 14.9 Å². The van der Waals surface area contributed by atoms with Crippen LogP contribution in [-0.4, -0.2) is 29.4 Å². The fourth-order valence-corrected chi connectivity index (χ4v) is 1.46. The van der Waals surface area contributed by atoms with Crippen molar-refractivity contribution in [2.24, 2.45) is 0 Å². The van der Waals surface area contributed by atoms with E-state index in [0.717, 1.165) is 4.47 Å². The number of rotatable bonds is 5. The molecule has 1 unspecified atom stereocenters. The summed E-state index contributed by atoms with van der Waals surface area (Å²) in [4.78, 5) is 22.1. The highest BCUT2D eigenvalue weighted by Crippen LogP contribution is 2.11. The summed E-state index contributed by atoms with van der Waals surface area (Å²) in [6, 6.07) is 6.45. The molecule has 0 aliphatic carbocycles. The SMILES string of the molecule is CC(NCC(=O)O)C(=O)c1ccc(Br)cc1. The Balaban J connectivity index is 2.63. The summed E-state index contributed by atoms with van der Waals surface area (Å²) < 4.78 is 0.898. The van der Waals surface area contributed by atoms with Crippen LogP contribution in [0.1, 0.15) is 17.3 Å². The molecule has 0 radical (unpaired) electrons. The Labute approximate surface area is 102 Å². The predicted molar refractivity (Wildman–Crippen MR) is 63.6 cm³/mol. The van der Waals surface area contributed by atoms with E-state index in [-0.39, 0.29) is 12.3 Å². The number of carbonyl (C=O) groups is 2. The molecule has 16 heavy (non-hydrogen) atoms. The van der Waals surface area contributed by atoms with Gasteiger partial charge in [0.05, 0.1) is 12.6 Å². The van der Waals surface area contributed by atoms with Crippen molar-refractivity contribution in [3.05, 3.63) is 34.3 Å². The molecule has 0 bridgehead atoms. The molecule has 0 aliphatic rings. The first-order valence-corrected chi connectivity index (χ1v) is 5.55. The maximum atomic E-state index is 11.8. The highest BCUT2D eigenvalue weighted by atomic mass is 79.9. The lowest BCUT2D eigenvalue weighted by Crippen LogP contribution is -2.37. The standard InChI is InChI=1S/C11H12BrNO3/c1-7(13-6-10(14)15)11(16)8-2-4-9(12)5-3-8/h2-5,7,13H,6H2,1H3,(H,14,15). The smallest absolute Gasteiger partial charge is 0.317 e. The van der Waals surface area contributed by atoms with Crippen molar-refractivity contribution in [2.45, 2.75) is 13.0 Å². The van der Waals surface area contributed by atoms with Gasteiger partial charge in [0.1, 0.15) is 0 Å². The lowest BCUT2D eigenvalue weighted by atomic mass is 10.1. The third-order valence-corrected chi connectivity index (χ3v) is 2.61. The third-order valence-electron chi connectivity index (χ3n) is 2.08. The molecule has 4 nitrogen and oxygen atoms in total. The molecule has 0 fully saturated rings. The van der Waals surface area contributed by atoms with Gasteiger partial charge in [0.15, 0.2) is 5.78 Å². The number of carboxylic acids is 1. The summed E-state index contributed by atoms with van der Waals surface area (Å²) in [6.45, 7) is 1.43. The maximum absolute atomic E-state index is 11.8. The number of carboxylic acid groups (broad SMARTS) is 1. The van der Waals surface area contributed by atoms with Gasteiger partial charge >= 0.3 is 5.97 Å². The molecule has 2 N–H and O–H groups in total. The van der Waals surface area contributed by atoms with Gasteiger partial charge < -0.3 is 5.11 Å². The molecular weight excluding hydrogens is 274 g/mol. The molecule has 0 amide bonds. The van der Waals surface area contributed by atoms with Crippen LogP contribution >= 0.6 is 15.9 Å². The number of hydrogen-bond donors (Lipinski definition) is 2. The van der Waals surface area contributed by atoms with Gasteiger partial charge in [-0.2, -0.15) is 0 Å². The molecular formula is C11H12BrNO3. The minimum absolute atomic E-state index is 0.117. The fraction of sp³-hybridized carbons (Fsp3) is 0.273. The van der Waals surface area contributed by atoms with Crippen molar-refractivity contribution in [3.63, 3.8) is 0 Å². The zero-order chi connectivity index (χ0) is 12.1. The van der Waals surface area contributed by atoms with Gasteiger partial charge in [0.2, 0.25) is 0 Å². The van der Waals surface area contributed by atoms with E-state index in [9.17, 15) is 9.59 Å². The van der Waals surface area contributed by atoms with Crippen LogP contribution in [0, 0.1) is 0 Å². The van der Waals surface area contributed by atoms with E-state index >= 15 is 0 Å². The van der Waals surface area contributed by atoms with Crippen molar-refractivity contribution in [2.75, 3.05) is 6.54 Å². The van der Waals surface area contributed by atoms with Crippen molar-refractivity contribution in [1.29, 1.82) is 0 Å². The van der Waals surface area contributed by atoms with Gasteiger partial charge in [-0.1, -0.05) is 28.1 Å². The topological polar surface area (TPSA) is 66.4 Å². The zero-order valence-electron chi connectivity index (χ0n) is 8.74. The molecule has 0 aromatic heterocycles. The maximum Gasteiger partial charge on any atom is 0.317 e. The monoisotopic (exact) mass is 285 g/mol. The van der Waals surface area contributed by atoms with Crippen LogP contribution in [0.5, 0.6) is 0 Å². The first kappa shape index (κ1) is 12.9. The second-order valence-electron chi connectivity index (χ2n) is 3.37. The van der Waals surface area contributed by atoms with E-state index in [4.69, 9.17) is 5.11 Å². The average Bonchev–Trinajstić information content (AvgIpc) is 2.26. The lowest BCUT2D eigenvalue weighted by Gasteiger charge is -2.10. The van der Waals surface area contributed by atoms with Gasteiger partial charge in [0, 0.05) is 10.0 Å². The van der Waals surface area contributed by atoms with E-state index in [1.165, 1.54) is 0 Å². The third kappa shape index (κ3) is 3.75. The van der Waals surface area contributed by atoms with Gasteiger partial charge in [-0.05, 0) is 19.1 Å². The minimum atomic E-state index is -0.976. The second kappa shape index (κ2) is 5.77. The lowest BCUT2D eigenvalue weighted by molar-refractivity contribution is -0.136. The second-order valence-corrected chi connectivity index (χ2v) is 4.28. The fourth-order valence-electron chi connectivity index (χ4n) is 1.20. The Morgan fingerprint density at radius 2 is 1.94 bits per heavy atom. The van der Waals surface area contributed by atoms with Crippen LogP contribution in [0.2, 0.25) is 0 Å². The Morgan fingerprint density at radius 3 is 2.44 bits per heavy atom. The minimum Gasteiger partial charge on any atom is -0.480 e. The van der Waals surface area contributed by atoms with Crippen LogP contribution in [0.15, 0.2) is 28.7 Å². The van der Waals surface area contributed by atoms with Crippen molar-refractivity contribution in [3.8, 4) is 0 Å². The number of nitrogens with one attached hydrogen (secondary N) is 1. The van der Waals surface area contributed by atoms with Crippen molar-refractivity contribution >= 4 is 27.7 Å². The summed E-state index contributed by atoms with van der Waals surface area (Å²) in [5.74, 6) is -1.09. The number of carbonyl (C=O) groups excluding carboxylic acids is 1. The van der Waals surface area contributed by atoms with Crippen LogP contribution in [-0.2, 0) is 4.79 Å². The summed E-state index contributed by atoms with van der Waals surface area (Å²) in [7, 11) is 0. The largest absolute Gasteiger partial charge is 0.480 e. The number of aliphatic carboxylic acids is 1. The zero-order valence-corrected chi connectivity index (χ0v) is 10.3. The van der Waals surface area contributed by atoms with E-state index in [0.29, 0.717) is 5.56 Å². The highest BCUT2D eigenvalue weighted by molar-refractivity contribution is 9.10. The molecule has 1 aromatic carbocycles. The molecule has 0 saturated heterocycles. The van der Waals surface area contributed by atoms with Crippen LogP contribution in [0.25, 0.3) is 0 Å². The van der Waals surface area contributed by atoms with Crippen LogP contribution in [0.3, 0.4) is 0 Å². The van der Waals surface area contributed by atoms with Crippen LogP contribution < -0.4 is 5.32 Å². The molecule has 0 spiro atoms. The quantitative estimate of drug-likeness (QED) is 0.808. The first-order chi connectivity index (χ1) is 7.50. The summed E-state index contributed by atoms with van der Waals surface area (Å²) in [5.41, 5.74) is 0.564. The van der Waals surface area contributed by atoms with Gasteiger partial charge in [-0.15, -0.1) is 0 Å². The van der Waals surface area contributed by atoms with Gasteiger partial charge in [0.25, 0.3) is 0 Å². The molecule has 0 aliphatic heterocycles. The molecule has 1 atom stereocenters. The van der Waals surface area contributed by atoms with E-state index in [1.54, 1.807) is 31.2 Å². The summed E-state index contributed by atoms with van der Waals surface area (Å²) in [6.07, 6.45) is 0. The molecule has 86 valence electrons. The number of ketones is 1. The molecule has 5 heteroatoms. The summed E-state index contributed by atoms with van der Waals surface area (Å²) in [5, 5.41) is 11.1.